The van der Waals surface area contributed by atoms with Crippen LogP contribution in [-0.4, -0.2) is 40.6 Å². The highest BCUT2D eigenvalue weighted by atomic mass is 16.3. The van der Waals surface area contributed by atoms with Crippen LogP contribution in [0.15, 0.2) is 18.2 Å². The van der Waals surface area contributed by atoms with Crippen molar-refractivity contribution in [2.75, 3.05) is 6.54 Å². The molecule has 0 aromatic heterocycles. The molecule has 1 saturated carbocycles. The summed E-state index contributed by atoms with van der Waals surface area (Å²) in [7, 11) is 0. The zero-order valence-electron chi connectivity index (χ0n) is 18.1. The number of carbonyl (C=O) groups is 1. The average molecular weight is 385 g/mol. The molecule has 1 heterocycles. The van der Waals surface area contributed by atoms with Crippen molar-refractivity contribution in [3.63, 3.8) is 0 Å². The van der Waals surface area contributed by atoms with Crippen LogP contribution < -0.4 is 5.32 Å². The molecule has 2 aliphatic carbocycles. The van der Waals surface area contributed by atoms with Gasteiger partial charge in [0.2, 0.25) is 5.91 Å². The Kier molecular flexibility index (Phi) is 4.77. The standard InChI is InChI=1S/C24H36N2O2/c1-15(2)25-17-10-9-16(13-17)22(28)26-12-11-24(5)19-7-6-8-20(27)18(19)14-21(26)23(24,3)4/h6-8,15-17,21,25,27H,9-14H2,1-5H3/t16-,17?,21-,24+/m1/s1. The predicted octanol–water partition coefficient (Wildman–Crippen LogP) is 4.00. The van der Waals surface area contributed by atoms with E-state index in [-0.39, 0.29) is 22.8 Å². The van der Waals surface area contributed by atoms with Crippen molar-refractivity contribution in [3.05, 3.63) is 29.3 Å². The van der Waals surface area contributed by atoms with E-state index in [2.05, 4.69) is 50.9 Å². The zero-order valence-corrected chi connectivity index (χ0v) is 18.1. The Morgan fingerprint density at radius 1 is 1.25 bits per heavy atom. The van der Waals surface area contributed by atoms with E-state index in [1.54, 1.807) is 6.07 Å². The van der Waals surface area contributed by atoms with Crippen LogP contribution in [0.1, 0.15) is 71.4 Å². The Morgan fingerprint density at radius 2 is 2.00 bits per heavy atom. The number of phenols is 1. The van der Waals surface area contributed by atoms with Gasteiger partial charge in [-0.25, -0.2) is 0 Å². The topological polar surface area (TPSA) is 52.6 Å². The van der Waals surface area contributed by atoms with Crippen LogP contribution in [0.2, 0.25) is 0 Å². The van der Waals surface area contributed by atoms with Crippen LogP contribution in [0.5, 0.6) is 5.75 Å². The maximum Gasteiger partial charge on any atom is 0.226 e. The van der Waals surface area contributed by atoms with Gasteiger partial charge in [-0.1, -0.05) is 46.8 Å². The zero-order chi connectivity index (χ0) is 20.3. The summed E-state index contributed by atoms with van der Waals surface area (Å²) in [6.45, 7) is 12.2. The number of nitrogens with zero attached hydrogens (tertiary/aromatic N) is 1. The summed E-state index contributed by atoms with van der Waals surface area (Å²) in [5.41, 5.74) is 2.30. The van der Waals surface area contributed by atoms with Gasteiger partial charge in [-0.05, 0) is 54.7 Å². The number of fused-ring (bicyclic) bond motifs is 4. The SMILES string of the molecule is CC(C)NC1CC[C@@H](C(=O)N2CC[C@@]3(C)c4cccc(O)c4C[C@@H]2C3(C)C)C1. The van der Waals surface area contributed by atoms with E-state index in [1.807, 2.05) is 6.07 Å². The number of piperidine rings is 1. The normalized spacial score (nSPS) is 33.8. The molecule has 2 fully saturated rings. The van der Waals surface area contributed by atoms with Gasteiger partial charge in [-0.15, -0.1) is 0 Å². The van der Waals surface area contributed by atoms with E-state index in [0.29, 0.717) is 23.7 Å². The number of phenolic OH excluding ortho intramolecular Hbond substituents is 1. The Balaban J connectivity index is 1.61. The van der Waals surface area contributed by atoms with Crippen LogP contribution in [0.3, 0.4) is 0 Å². The van der Waals surface area contributed by atoms with Crippen molar-refractivity contribution in [2.45, 2.75) is 90.3 Å². The van der Waals surface area contributed by atoms with Gasteiger partial charge < -0.3 is 15.3 Å². The molecule has 4 atom stereocenters. The number of carbonyl (C=O) groups excluding carboxylic acids is 1. The lowest BCUT2D eigenvalue weighted by Crippen LogP contribution is -2.65. The number of benzene rings is 1. The number of nitrogens with one attached hydrogen (secondary N) is 1. The molecule has 1 aliphatic heterocycles. The number of rotatable bonds is 3. The maximum absolute atomic E-state index is 13.6. The predicted molar refractivity (Wildman–Crippen MR) is 112 cm³/mol. The highest BCUT2D eigenvalue weighted by molar-refractivity contribution is 5.80. The first-order chi connectivity index (χ1) is 13.1. The van der Waals surface area contributed by atoms with E-state index in [0.717, 1.165) is 44.2 Å². The Hall–Kier alpha value is -1.55. The molecular formula is C24H36N2O2. The molecule has 1 amide bonds. The first-order valence-corrected chi connectivity index (χ1v) is 11.0. The highest BCUT2D eigenvalue weighted by Crippen LogP contribution is 2.57. The van der Waals surface area contributed by atoms with Crippen molar-refractivity contribution >= 4 is 5.91 Å². The van der Waals surface area contributed by atoms with Gasteiger partial charge >= 0.3 is 0 Å². The summed E-state index contributed by atoms with van der Waals surface area (Å²) < 4.78 is 0. The fourth-order valence-electron chi connectivity index (χ4n) is 6.25. The van der Waals surface area contributed by atoms with Gasteiger partial charge in [-0.3, -0.25) is 4.79 Å². The first-order valence-electron chi connectivity index (χ1n) is 11.0. The summed E-state index contributed by atoms with van der Waals surface area (Å²) in [6, 6.07) is 7.02. The number of aromatic hydroxyl groups is 1. The fourth-order valence-corrected chi connectivity index (χ4v) is 6.25. The van der Waals surface area contributed by atoms with Crippen molar-refractivity contribution in [1.29, 1.82) is 0 Å². The number of hydrogen-bond donors (Lipinski definition) is 2. The maximum atomic E-state index is 13.6. The molecule has 154 valence electrons. The molecule has 1 saturated heterocycles. The minimum atomic E-state index is -0.0180. The lowest BCUT2D eigenvalue weighted by atomic mass is 9.51. The fraction of sp³-hybridized carbons (Fsp3) is 0.708. The lowest BCUT2D eigenvalue weighted by molar-refractivity contribution is -0.148. The molecule has 1 aromatic carbocycles. The second-order valence-electron chi connectivity index (χ2n) is 10.4. The van der Waals surface area contributed by atoms with Crippen LogP contribution in [-0.2, 0) is 16.6 Å². The van der Waals surface area contributed by atoms with Gasteiger partial charge in [0.25, 0.3) is 0 Å². The van der Waals surface area contributed by atoms with Crippen molar-refractivity contribution in [1.82, 2.24) is 10.2 Å². The molecule has 2 bridgehead atoms. The second kappa shape index (κ2) is 6.76. The smallest absolute Gasteiger partial charge is 0.226 e. The summed E-state index contributed by atoms with van der Waals surface area (Å²) in [5.74, 6) is 0.870. The Labute approximate surface area is 169 Å². The third-order valence-corrected chi connectivity index (χ3v) is 8.26. The van der Waals surface area contributed by atoms with Crippen molar-refractivity contribution < 1.29 is 9.90 Å². The highest BCUT2D eigenvalue weighted by Gasteiger charge is 2.57. The summed E-state index contributed by atoms with van der Waals surface area (Å²) in [6.07, 6.45) is 4.76. The third kappa shape index (κ3) is 2.87. The number of likely N-dealkylation sites (tertiary alicyclic amines) is 1. The van der Waals surface area contributed by atoms with Gasteiger partial charge in [-0.2, -0.15) is 0 Å². The van der Waals surface area contributed by atoms with Crippen LogP contribution in [0, 0.1) is 11.3 Å². The molecule has 1 aromatic rings. The minimum absolute atomic E-state index is 0.0157. The third-order valence-electron chi connectivity index (χ3n) is 8.26. The summed E-state index contributed by atoms with van der Waals surface area (Å²) >= 11 is 0. The average Bonchev–Trinajstić information content (AvgIpc) is 3.06. The van der Waals surface area contributed by atoms with Crippen LogP contribution >= 0.6 is 0 Å². The Morgan fingerprint density at radius 3 is 2.71 bits per heavy atom. The monoisotopic (exact) mass is 384 g/mol. The van der Waals surface area contributed by atoms with Gasteiger partial charge in [0.05, 0.1) is 0 Å². The van der Waals surface area contributed by atoms with E-state index in [4.69, 9.17) is 0 Å². The molecule has 28 heavy (non-hydrogen) atoms. The van der Waals surface area contributed by atoms with Crippen molar-refractivity contribution in [2.24, 2.45) is 11.3 Å². The van der Waals surface area contributed by atoms with E-state index < -0.39 is 0 Å². The quantitative estimate of drug-likeness (QED) is 0.828. The summed E-state index contributed by atoms with van der Waals surface area (Å²) in [5, 5.41) is 14.2. The molecule has 2 N–H and O–H groups in total. The van der Waals surface area contributed by atoms with Gasteiger partial charge in [0, 0.05) is 36.0 Å². The number of hydrogen-bond acceptors (Lipinski definition) is 3. The van der Waals surface area contributed by atoms with Gasteiger partial charge in [0.15, 0.2) is 0 Å². The molecule has 0 radical (unpaired) electrons. The molecule has 1 unspecified atom stereocenters. The molecule has 4 nitrogen and oxygen atoms in total. The molecular weight excluding hydrogens is 348 g/mol. The summed E-state index contributed by atoms with van der Waals surface area (Å²) in [4.78, 5) is 15.7. The molecule has 4 rings (SSSR count). The van der Waals surface area contributed by atoms with Crippen molar-refractivity contribution in [3.8, 4) is 5.75 Å². The second-order valence-corrected chi connectivity index (χ2v) is 10.4. The lowest BCUT2D eigenvalue weighted by Gasteiger charge is -2.61. The first kappa shape index (κ1) is 19.8. The van der Waals surface area contributed by atoms with Crippen LogP contribution in [0.4, 0.5) is 0 Å². The van der Waals surface area contributed by atoms with E-state index in [9.17, 15) is 9.90 Å². The largest absolute Gasteiger partial charge is 0.508 e. The molecule has 4 heteroatoms. The van der Waals surface area contributed by atoms with E-state index >= 15 is 0 Å². The van der Waals surface area contributed by atoms with E-state index in [1.165, 1.54) is 5.56 Å². The minimum Gasteiger partial charge on any atom is -0.508 e. The molecule has 0 spiro atoms. The molecule has 3 aliphatic rings. The number of amides is 1. The Bertz CT molecular complexity index is 772. The van der Waals surface area contributed by atoms with Gasteiger partial charge in [0.1, 0.15) is 5.75 Å². The van der Waals surface area contributed by atoms with Crippen LogP contribution in [0.25, 0.3) is 0 Å².